The molecule has 0 amide bonds. The van der Waals surface area contributed by atoms with Crippen LogP contribution in [0.4, 0.5) is 0 Å². The predicted molar refractivity (Wildman–Crippen MR) is 95.6 cm³/mol. The highest BCUT2D eigenvalue weighted by Gasteiger charge is 2.11. The van der Waals surface area contributed by atoms with E-state index in [0.29, 0.717) is 28.2 Å². The molecule has 128 valence electrons. The molecule has 3 rings (SSSR count). The van der Waals surface area contributed by atoms with Crippen molar-refractivity contribution in [1.82, 2.24) is 14.7 Å². The molecule has 7 heteroatoms. The minimum atomic E-state index is -0.252. The molecular weight excluding hydrogens is 349 g/mol. The summed E-state index contributed by atoms with van der Waals surface area (Å²) in [6.45, 7) is 3.97. The molecule has 0 radical (unpaired) electrons. The lowest BCUT2D eigenvalue weighted by molar-refractivity contribution is 0.253. The second-order valence-corrected chi connectivity index (χ2v) is 6.59. The normalized spacial score (nSPS) is 14.9. The van der Waals surface area contributed by atoms with Crippen LogP contribution in [0.3, 0.4) is 0 Å². The smallest absolute Gasteiger partial charge is 0.271 e. The van der Waals surface area contributed by atoms with Gasteiger partial charge in [0.25, 0.3) is 5.56 Å². The molecule has 1 aliphatic heterocycles. The Kier molecular flexibility index (Phi) is 5.76. The third-order valence-electron chi connectivity index (χ3n) is 3.99. The third-order valence-corrected chi connectivity index (χ3v) is 4.73. The van der Waals surface area contributed by atoms with Crippen LogP contribution in [0.1, 0.15) is 19.3 Å². The minimum Gasteiger partial charge on any atom is -0.477 e. The Balaban J connectivity index is 1.64. The topological polar surface area (TPSA) is 47.4 Å². The first kappa shape index (κ1) is 17.3. The van der Waals surface area contributed by atoms with Gasteiger partial charge in [0.1, 0.15) is 0 Å². The van der Waals surface area contributed by atoms with Gasteiger partial charge in [0.15, 0.2) is 0 Å². The van der Waals surface area contributed by atoms with Crippen LogP contribution in [0.5, 0.6) is 5.88 Å². The van der Waals surface area contributed by atoms with Crippen LogP contribution < -0.4 is 10.3 Å². The van der Waals surface area contributed by atoms with Gasteiger partial charge in [-0.2, -0.15) is 4.68 Å². The van der Waals surface area contributed by atoms with Gasteiger partial charge in [0.2, 0.25) is 5.88 Å². The summed E-state index contributed by atoms with van der Waals surface area (Å²) in [7, 11) is 0. The van der Waals surface area contributed by atoms with Crippen molar-refractivity contribution in [3.8, 4) is 11.6 Å². The Labute approximate surface area is 150 Å². The van der Waals surface area contributed by atoms with Crippen LogP contribution in [-0.2, 0) is 0 Å². The molecule has 2 heterocycles. The Bertz CT molecular complexity index is 758. The molecule has 2 aromatic rings. The quantitative estimate of drug-likeness (QED) is 0.734. The lowest BCUT2D eigenvalue weighted by Crippen LogP contribution is -2.23. The van der Waals surface area contributed by atoms with E-state index in [1.165, 1.54) is 36.7 Å². The van der Waals surface area contributed by atoms with E-state index in [1.54, 1.807) is 24.3 Å². The Morgan fingerprint density at radius 3 is 2.62 bits per heavy atom. The van der Waals surface area contributed by atoms with Crippen LogP contribution in [0, 0.1) is 0 Å². The molecule has 0 spiro atoms. The maximum Gasteiger partial charge on any atom is 0.271 e. The van der Waals surface area contributed by atoms with Crippen LogP contribution >= 0.6 is 23.2 Å². The van der Waals surface area contributed by atoms with Crippen molar-refractivity contribution in [1.29, 1.82) is 0 Å². The van der Waals surface area contributed by atoms with E-state index in [0.717, 1.165) is 13.0 Å². The maximum absolute atomic E-state index is 12.0. The molecule has 0 N–H and O–H groups in total. The van der Waals surface area contributed by atoms with Crippen molar-refractivity contribution in [2.24, 2.45) is 0 Å². The molecule has 24 heavy (non-hydrogen) atoms. The fraction of sp³-hybridized carbons (Fsp3) is 0.412. The zero-order chi connectivity index (χ0) is 16.9. The average molecular weight is 368 g/mol. The molecule has 1 aromatic heterocycles. The van der Waals surface area contributed by atoms with Gasteiger partial charge in [-0.15, -0.1) is 5.10 Å². The molecule has 0 unspecified atom stereocenters. The van der Waals surface area contributed by atoms with Crippen LogP contribution in [0.15, 0.2) is 35.1 Å². The highest BCUT2D eigenvalue weighted by atomic mass is 35.5. The second-order valence-electron chi connectivity index (χ2n) is 5.77. The van der Waals surface area contributed by atoms with Crippen molar-refractivity contribution in [3.63, 3.8) is 0 Å². The Hall–Kier alpha value is -1.56. The summed E-state index contributed by atoms with van der Waals surface area (Å²) in [6, 6.07) is 7.96. The first-order chi connectivity index (χ1) is 11.6. The van der Waals surface area contributed by atoms with E-state index in [2.05, 4.69) is 10.00 Å². The number of likely N-dealkylation sites (tertiary alicyclic amines) is 1. The van der Waals surface area contributed by atoms with Crippen molar-refractivity contribution >= 4 is 23.2 Å². The molecule has 1 aliphatic rings. The van der Waals surface area contributed by atoms with E-state index >= 15 is 0 Å². The van der Waals surface area contributed by atoms with Crippen molar-refractivity contribution < 1.29 is 4.74 Å². The maximum atomic E-state index is 12.0. The lowest BCUT2D eigenvalue weighted by atomic mass is 10.3. The van der Waals surface area contributed by atoms with Crippen LogP contribution in [-0.4, -0.2) is 40.9 Å². The molecule has 5 nitrogen and oxygen atoms in total. The molecular formula is C17H19Cl2N3O2. The Morgan fingerprint density at radius 1 is 1.08 bits per heavy atom. The zero-order valence-electron chi connectivity index (χ0n) is 13.3. The summed E-state index contributed by atoms with van der Waals surface area (Å²) in [5.41, 5.74) is 0.301. The SMILES string of the molecule is O=c1ccc(OCCCN2CCCC2)nn1-c1ccc(Cl)c(Cl)c1. The molecule has 0 aliphatic carbocycles. The molecule has 1 saturated heterocycles. The standard InChI is InChI=1S/C17H19Cl2N3O2/c18-14-5-4-13(12-15(14)19)22-17(23)7-6-16(20-22)24-11-3-10-21-8-1-2-9-21/h4-7,12H,1-3,8-11H2. The summed E-state index contributed by atoms with van der Waals surface area (Å²) in [5, 5.41) is 5.06. The number of benzene rings is 1. The first-order valence-corrected chi connectivity index (χ1v) is 8.80. The summed E-state index contributed by atoms with van der Waals surface area (Å²) in [5.74, 6) is 0.419. The van der Waals surface area contributed by atoms with E-state index in [4.69, 9.17) is 27.9 Å². The van der Waals surface area contributed by atoms with Gasteiger partial charge in [0.05, 0.1) is 22.3 Å². The third kappa shape index (κ3) is 4.29. The number of nitrogens with zero attached hydrogens (tertiary/aromatic N) is 3. The molecule has 1 aromatic carbocycles. The van der Waals surface area contributed by atoms with Gasteiger partial charge in [-0.3, -0.25) is 4.79 Å². The largest absolute Gasteiger partial charge is 0.477 e. The predicted octanol–water partition coefficient (Wildman–Crippen LogP) is 3.40. The highest BCUT2D eigenvalue weighted by Crippen LogP contribution is 2.23. The average Bonchev–Trinajstić information content (AvgIpc) is 3.09. The number of rotatable bonds is 6. The first-order valence-electron chi connectivity index (χ1n) is 8.04. The van der Waals surface area contributed by atoms with Crippen LogP contribution in [0.2, 0.25) is 10.0 Å². The molecule has 0 saturated carbocycles. The zero-order valence-corrected chi connectivity index (χ0v) is 14.8. The molecule has 0 bridgehead atoms. The van der Waals surface area contributed by atoms with Gasteiger partial charge in [-0.05, 0) is 50.6 Å². The summed E-state index contributed by atoms with van der Waals surface area (Å²) >= 11 is 11.9. The summed E-state index contributed by atoms with van der Waals surface area (Å²) < 4.78 is 6.94. The highest BCUT2D eigenvalue weighted by molar-refractivity contribution is 6.42. The molecule has 1 fully saturated rings. The molecule has 0 atom stereocenters. The number of halogens is 2. The number of ether oxygens (including phenoxy) is 1. The van der Waals surface area contributed by atoms with Gasteiger partial charge in [-0.25, -0.2) is 0 Å². The fourth-order valence-corrected chi connectivity index (χ4v) is 3.04. The van der Waals surface area contributed by atoms with Gasteiger partial charge < -0.3 is 9.64 Å². The second kappa shape index (κ2) is 8.01. The monoisotopic (exact) mass is 367 g/mol. The van der Waals surface area contributed by atoms with Gasteiger partial charge >= 0.3 is 0 Å². The number of aromatic nitrogens is 2. The van der Waals surface area contributed by atoms with Gasteiger partial charge in [0, 0.05) is 18.7 Å². The fourth-order valence-electron chi connectivity index (χ4n) is 2.74. The van der Waals surface area contributed by atoms with E-state index in [-0.39, 0.29) is 5.56 Å². The summed E-state index contributed by atoms with van der Waals surface area (Å²) in [4.78, 5) is 14.5. The van der Waals surface area contributed by atoms with Crippen molar-refractivity contribution in [2.45, 2.75) is 19.3 Å². The lowest BCUT2D eigenvalue weighted by Gasteiger charge is -2.14. The van der Waals surface area contributed by atoms with Gasteiger partial charge in [-0.1, -0.05) is 23.2 Å². The Morgan fingerprint density at radius 2 is 1.88 bits per heavy atom. The van der Waals surface area contributed by atoms with Crippen molar-refractivity contribution in [3.05, 3.63) is 50.7 Å². The van der Waals surface area contributed by atoms with E-state index in [9.17, 15) is 4.79 Å². The van der Waals surface area contributed by atoms with E-state index in [1.807, 2.05) is 0 Å². The number of hydrogen-bond donors (Lipinski definition) is 0. The van der Waals surface area contributed by atoms with Crippen LogP contribution in [0.25, 0.3) is 5.69 Å². The summed E-state index contributed by atoms with van der Waals surface area (Å²) in [6.07, 6.45) is 3.52. The minimum absolute atomic E-state index is 0.252. The van der Waals surface area contributed by atoms with Crippen molar-refractivity contribution in [2.75, 3.05) is 26.2 Å². The number of hydrogen-bond acceptors (Lipinski definition) is 4. The van der Waals surface area contributed by atoms with E-state index < -0.39 is 0 Å².